The van der Waals surface area contributed by atoms with Crippen LogP contribution in [0.2, 0.25) is 0 Å². The molecular weight excluding hydrogens is 236 g/mol. The highest BCUT2D eigenvalue weighted by Gasteiger charge is 2.26. The van der Waals surface area contributed by atoms with E-state index < -0.39 is 0 Å². The van der Waals surface area contributed by atoms with E-state index in [2.05, 4.69) is 48.5 Å². The fourth-order valence-electron chi connectivity index (χ4n) is 2.69. The zero-order valence-corrected chi connectivity index (χ0v) is 11.7. The van der Waals surface area contributed by atoms with E-state index in [0.29, 0.717) is 11.8 Å². The van der Waals surface area contributed by atoms with E-state index in [0.717, 1.165) is 24.7 Å². The third kappa shape index (κ3) is 2.16. The Bertz CT molecular complexity index is 586. The average Bonchev–Trinajstić information content (AvgIpc) is 2.80. The minimum absolute atomic E-state index is 0.301. The van der Waals surface area contributed by atoms with Crippen LogP contribution < -0.4 is 5.32 Å². The zero-order chi connectivity index (χ0) is 13.4. The first kappa shape index (κ1) is 12.4. The standard InChI is InChI=1S/C15H20N4/c1-10(2)14-17-15(19(3)18-14)13-9-16-8-11-6-4-5-7-12(11)13/h4-7,10,13,16H,8-9H2,1-3H3. The van der Waals surface area contributed by atoms with Crippen LogP contribution in [-0.4, -0.2) is 21.3 Å². The average molecular weight is 256 g/mol. The topological polar surface area (TPSA) is 42.7 Å². The molecule has 100 valence electrons. The number of benzene rings is 1. The fraction of sp³-hybridized carbons (Fsp3) is 0.467. The number of rotatable bonds is 2. The monoisotopic (exact) mass is 256 g/mol. The molecule has 0 fully saturated rings. The molecule has 4 heteroatoms. The summed E-state index contributed by atoms with van der Waals surface area (Å²) >= 11 is 0. The molecule has 0 aliphatic carbocycles. The van der Waals surface area contributed by atoms with Gasteiger partial charge in [0, 0.05) is 26.1 Å². The normalized spacial score (nSPS) is 18.6. The number of aromatic nitrogens is 3. The van der Waals surface area contributed by atoms with Gasteiger partial charge in [-0.1, -0.05) is 38.1 Å². The molecule has 1 atom stereocenters. The summed E-state index contributed by atoms with van der Waals surface area (Å²) in [5.41, 5.74) is 2.75. The highest BCUT2D eigenvalue weighted by Crippen LogP contribution is 2.29. The van der Waals surface area contributed by atoms with Gasteiger partial charge in [-0.05, 0) is 11.1 Å². The lowest BCUT2D eigenvalue weighted by Gasteiger charge is -2.25. The van der Waals surface area contributed by atoms with Crippen molar-refractivity contribution in [3.8, 4) is 0 Å². The quantitative estimate of drug-likeness (QED) is 0.895. The van der Waals surface area contributed by atoms with E-state index in [1.807, 2.05) is 11.7 Å². The summed E-state index contributed by atoms with van der Waals surface area (Å²) in [4.78, 5) is 4.74. The van der Waals surface area contributed by atoms with Gasteiger partial charge in [-0.15, -0.1) is 0 Å². The number of hydrogen-bond acceptors (Lipinski definition) is 3. The predicted molar refractivity (Wildman–Crippen MR) is 75.1 cm³/mol. The van der Waals surface area contributed by atoms with Gasteiger partial charge in [-0.3, -0.25) is 4.68 Å². The van der Waals surface area contributed by atoms with Crippen LogP contribution in [0.1, 0.15) is 48.5 Å². The van der Waals surface area contributed by atoms with Gasteiger partial charge in [0.15, 0.2) is 5.82 Å². The highest BCUT2D eigenvalue weighted by atomic mass is 15.3. The van der Waals surface area contributed by atoms with E-state index in [4.69, 9.17) is 4.98 Å². The minimum Gasteiger partial charge on any atom is -0.312 e. The molecule has 2 aromatic rings. The van der Waals surface area contributed by atoms with Crippen LogP contribution in [0.15, 0.2) is 24.3 Å². The van der Waals surface area contributed by atoms with E-state index in [-0.39, 0.29) is 0 Å². The first-order valence-electron chi connectivity index (χ1n) is 6.86. The van der Waals surface area contributed by atoms with Gasteiger partial charge >= 0.3 is 0 Å². The number of hydrogen-bond donors (Lipinski definition) is 1. The van der Waals surface area contributed by atoms with E-state index in [9.17, 15) is 0 Å². The molecule has 0 spiro atoms. The molecule has 1 aliphatic heterocycles. The molecule has 0 bridgehead atoms. The molecule has 3 rings (SSSR count). The summed E-state index contributed by atoms with van der Waals surface area (Å²) in [6.45, 7) is 6.14. The van der Waals surface area contributed by atoms with E-state index in [1.165, 1.54) is 11.1 Å². The molecule has 1 unspecified atom stereocenters. The maximum atomic E-state index is 4.74. The van der Waals surface area contributed by atoms with Crippen LogP contribution in [0.3, 0.4) is 0 Å². The van der Waals surface area contributed by atoms with E-state index >= 15 is 0 Å². The summed E-state index contributed by atoms with van der Waals surface area (Å²) in [5, 5.41) is 8.01. The zero-order valence-electron chi connectivity index (χ0n) is 11.7. The molecule has 0 radical (unpaired) electrons. The molecule has 4 nitrogen and oxygen atoms in total. The summed E-state index contributed by atoms with van der Waals surface area (Å²) < 4.78 is 1.93. The van der Waals surface area contributed by atoms with Crippen molar-refractivity contribution >= 4 is 0 Å². The molecule has 1 aliphatic rings. The number of nitrogens with zero attached hydrogens (tertiary/aromatic N) is 3. The second-order valence-electron chi connectivity index (χ2n) is 5.49. The third-order valence-corrected chi connectivity index (χ3v) is 3.74. The Hall–Kier alpha value is -1.68. The molecule has 1 aromatic carbocycles. The van der Waals surface area contributed by atoms with Crippen molar-refractivity contribution < 1.29 is 0 Å². The van der Waals surface area contributed by atoms with Gasteiger partial charge in [-0.25, -0.2) is 4.98 Å². The molecule has 2 heterocycles. The molecule has 1 N–H and O–H groups in total. The Morgan fingerprint density at radius 1 is 1.32 bits per heavy atom. The van der Waals surface area contributed by atoms with Crippen LogP contribution >= 0.6 is 0 Å². The Labute approximate surface area is 113 Å². The summed E-state index contributed by atoms with van der Waals surface area (Å²) in [7, 11) is 1.99. The first-order chi connectivity index (χ1) is 9.16. The largest absolute Gasteiger partial charge is 0.312 e. The van der Waals surface area contributed by atoms with Crippen molar-refractivity contribution in [1.82, 2.24) is 20.1 Å². The van der Waals surface area contributed by atoms with Crippen LogP contribution in [0.5, 0.6) is 0 Å². The van der Waals surface area contributed by atoms with Gasteiger partial charge in [-0.2, -0.15) is 5.10 Å². The number of aryl methyl sites for hydroxylation is 1. The van der Waals surface area contributed by atoms with Gasteiger partial charge in [0.05, 0.1) is 5.92 Å². The van der Waals surface area contributed by atoms with Crippen LogP contribution in [0, 0.1) is 0 Å². The van der Waals surface area contributed by atoms with Crippen LogP contribution in [0.25, 0.3) is 0 Å². The molecule has 19 heavy (non-hydrogen) atoms. The Balaban J connectivity index is 2.04. The van der Waals surface area contributed by atoms with Crippen LogP contribution in [0.4, 0.5) is 0 Å². The van der Waals surface area contributed by atoms with Gasteiger partial charge in [0.2, 0.25) is 0 Å². The van der Waals surface area contributed by atoms with Crippen molar-refractivity contribution in [2.75, 3.05) is 6.54 Å². The van der Waals surface area contributed by atoms with Crippen LogP contribution in [-0.2, 0) is 13.6 Å². The Morgan fingerprint density at radius 3 is 2.84 bits per heavy atom. The Morgan fingerprint density at radius 2 is 2.11 bits per heavy atom. The van der Waals surface area contributed by atoms with Crippen molar-refractivity contribution in [3.05, 3.63) is 47.0 Å². The van der Waals surface area contributed by atoms with Crippen molar-refractivity contribution in [3.63, 3.8) is 0 Å². The van der Waals surface area contributed by atoms with Gasteiger partial charge in [0.25, 0.3) is 0 Å². The molecule has 0 amide bonds. The lowest BCUT2D eigenvalue weighted by molar-refractivity contribution is 0.548. The lowest BCUT2D eigenvalue weighted by atomic mass is 9.90. The third-order valence-electron chi connectivity index (χ3n) is 3.74. The maximum Gasteiger partial charge on any atom is 0.153 e. The molecule has 1 aromatic heterocycles. The molecular formula is C15H20N4. The molecule has 0 saturated heterocycles. The molecule has 0 saturated carbocycles. The van der Waals surface area contributed by atoms with Crippen molar-refractivity contribution in [2.45, 2.75) is 32.2 Å². The summed E-state index contributed by atoms with van der Waals surface area (Å²) in [5.74, 6) is 2.66. The summed E-state index contributed by atoms with van der Waals surface area (Å²) in [6.07, 6.45) is 0. The second kappa shape index (κ2) is 4.78. The highest BCUT2D eigenvalue weighted by molar-refractivity contribution is 5.36. The SMILES string of the molecule is CC(C)c1nc(C2CNCc3ccccc32)n(C)n1. The lowest BCUT2D eigenvalue weighted by Crippen LogP contribution is -2.30. The van der Waals surface area contributed by atoms with Crippen molar-refractivity contribution in [2.24, 2.45) is 7.05 Å². The first-order valence-corrected chi connectivity index (χ1v) is 6.86. The van der Waals surface area contributed by atoms with E-state index in [1.54, 1.807) is 0 Å². The smallest absolute Gasteiger partial charge is 0.153 e. The van der Waals surface area contributed by atoms with Crippen molar-refractivity contribution in [1.29, 1.82) is 0 Å². The maximum absolute atomic E-state index is 4.74. The second-order valence-corrected chi connectivity index (χ2v) is 5.49. The number of nitrogens with one attached hydrogen (secondary N) is 1. The number of fused-ring (bicyclic) bond motifs is 1. The Kier molecular flexibility index (Phi) is 3.11. The predicted octanol–water partition coefficient (Wildman–Crippen LogP) is 2.17. The van der Waals surface area contributed by atoms with Gasteiger partial charge in [0.1, 0.15) is 5.82 Å². The fourth-order valence-corrected chi connectivity index (χ4v) is 2.69. The van der Waals surface area contributed by atoms with Gasteiger partial charge < -0.3 is 5.32 Å². The minimum atomic E-state index is 0.301. The summed E-state index contributed by atoms with van der Waals surface area (Å²) in [6, 6.07) is 8.61.